The Kier molecular flexibility index (Phi) is 19.8. The van der Waals surface area contributed by atoms with Gasteiger partial charge in [-0.2, -0.15) is 11.1 Å². The number of hydrogen-bond acceptors (Lipinski definition) is 0. The van der Waals surface area contributed by atoms with Crippen LogP contribution in [-0.2, 0) is 26.2 Å². The maximum atomic E-state index is 3.30. The Hall–Kier alpha value is -0.297. The van der Waals surface area contributed by atoms with Crippen LogP contribution in [0.15, 0.2) is 34.4 Å². The Bertz CT molecular complexity index is 377. The molecule has 0 spiro atoms. The van der Waals surface area contributed by atoms with Crippen LogP contribution < -0.4 is 9.41 Å². The molecule has 0 aliphatic heterocycles. The smallest absolute Gasteiger partial charge is 1.00 e. The van der Waals surface area contributed by atoms with E-state index in [9.17, 15) is 0 Å². The molecule has 128 valence electrons. The van der Waals surface area contributed by atoms with Crippen molar-refractivity contribution in [1.82, 2.24) is 0 Å². The van der Waals surface area contributed by atoms with Crippen LogP contribution in [0.5, 0.6) is 0 Å². The minimum absolute atomic E-state index is 0. The van der Waals surface area contributed by atoms with Crippen molar-refractivity contribution < 1.29 is 35.6 Å². The van der Waals surface area contributed by atoms with Crippen molar-refractivity contribution in [2.45, 2.75) is 79.1 Å². The van der Waals surface area contributed by atoms with E-state index in [1.165, 1.54) is 49.7 Å². The molecule has 2 aliphatic carbocycles. The average Bonchev–Trinajstić information content (AvgIpc) is 3.03. The molecule has 23 heavy (non-hydrogen) atoms. The van der Waals surface area contributed by atoms with Gasteiger partial charge in [-0.1, -0.05) is 53.4 Å². The first-order valence-corrected chi connectivity index (χ1v) is 8.19. The summed E-state index contributed by atoms with van der Waals surface area (Å²) >= 11 is 0. The molecule has 0 aromatic heterocycles. The molecule has 2 rings (SSSR count). The Balaban J connectivity index is -0.000000308. The molecular formula is C20H30F2Zr. The van der Waals surface area contributed by atoms with Gasteiger partial charge in [-0.25, -0.2) is 23.3 Å². The Morgan fingerprint density at radius 2 is 1.13 bits per heavy atom. The molecule has 0 heterocycles. The van der Waals surface area contributed by atoms with Crippen LogP contribution in [0.4, 0.5) is 0 Å². The monoisotopic (exact) mass is 398 g/mol. The van der Waals surface area contributed by atoms with Crippen LogP contribution >= 0.6 is 0 Å². The van der Waals surface area contributed by atoms with Crippen molar-refractivity contribution in [1.29, 1.82) is 0 Å². The Labute approximate surface area is 161 Å². The van der Waals surface area contributed by atoms with Crippen LogP contribution in [0.3, 0.4) is 0 Å². The maximum Gasteiger partial charge on any atom is 4.00 e. The van der Waals surface area contributed by atoms with E-state index >= 15 is 0 Å². The Morgan fingerprint density at radius 3 is 1.35 bits per heavy atom. The molecule has 0 N–H and O–H groups in total. The molecule has 0 aromatic rings. The molecule has 2 aliphatic rings. The van der Waals surface area contributed by atoms with Crippen LogP contribution in [0, 0.1) is 12.2 Å². The number of unbranched alkanes of at least 4 members (excludes halogenated alkanes) is 2. The van der Waals surface area contributed by atoms with Gasteiger partial charge >= 0.3 is 26.2 Å². The third-order valence-electron chi connectivity index (χ3n) is 3.73. The van der Waals surface area contributed by atoms with Gasteiger partial charge in [0.05, 0.1) is 0 Å². The van der Waals surface area contributed by atoms with Gasteiger partial charge in [-0.3, -0.25) is 12.2 Å². The van der Waals surface area contributed by atoms with E-state index in [1.54, 1.807) is 11.1 Å². The summed E-state index contributed by atoms with van der Waals surface area (Å²) in [6.07, 6.45) is 21.2. The normalized spacial score (nSPS) is 14.8. The summed E-state index contributed by atoms with van der Waals surface area (Å²) in [6, 6.07) is 0. The van der Waals surface area contributed by atoms with E-state index in [-0.39, 0.29) is 35.6 Å². The first-order valence-electron chi connectivity index (χ1n) is 8.19. The van der Waals surface area contributed by atoms with Crippen molar-refractivity contribution in [3.63, 3.8) is 0 Å². The summed E-state index contributed by atoms with van der Waals surface area (Å²) in [5.41, 5.74) is 5.79. The zero-order valence-corrected chi connectivity index (χ0v) is 17.5. The molecule has 0 radical (unpaired) electrons. The number of hydrogen-bond donors (Lipinski definition) is 0. The predicted octanol–water partition coefficient (Wildman–Crippen LogP) is 0.518. The van der Waals surface area contributed by atoms with E-state index in [1.807, 2.05) is 0 Å². The second kappa shape index (κ2) is 16.6. The summed E-state index contributed by atoms with van der Waals surface area (Å²) < 4.78 is 0. The maximum absolute atomic E-state index is 3.30. The van der Waals surface area contributed by atoms with Crippen molar-refractivity contribution in [3.8, 4) is 0 Å². The topological polar surface area (TPSA) is 0 Å². The SMILES string of the molecule is CCCCC1=CC(C)=[C-]C1.CCCCC1=CC(C)=[C-]C1.[F-].[F-].[Zr+4]. The third kappa shape index (κ3) is 12.8. The fraction of sp³-hybridized carbons (Fsp3) is 0.600. The van der Waals surface area contributed by atoms with Crippen LogP contribution in [0.25, 0.3) is 0 Å². The van der Waals surface area contributed by atoms with Crippen LogP contribution in [-0.4, -0.2) is 0 Å². The van der Waals surface area contributed by atoms with E-state index < -0.39 is 0 Å². The molecule has 0 nitrogen and oxygen atoms in total. The van der Waals surface area contributed by atoms with Gasteiger partial charge in [-0.05, 0) is 12.8 Å². The van der Waals surface area contributed by atoms with Gasteiger partial charge in [0.25, 0.3) is 0 Å². The van der Waals surface area contributed by atoms with E-state index in [0.29, 0.717) is 0 Å². The summed E-state index contributed by atoms with van der Waals surface area (Å²) in [5.74, 6) is 0. The molecule has 0 aromatic carbocycles. The fourth-order valence-electron chi connectivity index (χ4n) is 2.45. The van der Waals surface area contributed by atoms with Crippen molar-refractivity contribution in [2.75, 3.05) is 0 Å². The molecule has 0 saturated heterocycles. The number of rotatable bonds is 6. The largest absolute Gasteiger partial charge is 4.00 e. The zero-order chi connectivity index (χ0) is 14.8. The molecule has 0 fully saturated rings. The van der Waals surface area contributed by atoms with E-state index in [4.69, 9.17) is 0 Å². The van der Waals surface area contributed by atoms with E-state index in [0.717, 1.165) is 12.8 Å². The molecule has 0 unspecified atom stereocenters. The van der Waals surface area contributed by atoms with Gasteiger partial charge in [0.1, 0.15) is 0 Å². The van der Waals surface area contributed by atoms with Crippen LogP contribution in [0.1, 0.15) is 79.1 Å². The van der Waals surface area contributed by atoms with E-state index in [2.05, 4.69) is 52.0 Å². The standard InChI is InChI=1S/2C10H15.2FH.Zr/c2*1-3-4-5-10-7-6-9(2)8-10;;;/h2*8H,3-5,7H2,1-2H3;2*1H;/q2*-1;;;+4/p-2. The molecule has 3 heteroatoms. The fourth-order valence-corrected chi connectivity index (χ4v) is 2.45. The molecule has 0 bridgehead atoms. The number of halogens is 2. The summed E-state index contributed by atoms with van der Waals surface area (Å²) in [5, 5.41) is 0. The summed E-state index contributed by atoms with van der Waals surface area (Å²) in [7, 11) is 0. The molecule has 0 saturated carbocycles. The van der Waals surface area contributed by atoms with Crippen molar-refractivity contribution in [3.05, 3.63) is 46.6 Å². The molecular weight excluding hydrogens is 369 g/mol. The first-order chi connectivity index (χ1) is 9.65. The number of allylic oxidation sites excluding steroid dienone is 8. The van der Waals surface area contributed by atoms with Crippen molar-refractivity contribution in [2.24, 2.45) is 0 Å². The molecule has 0 atom stereocenters. The quantitative estimate of drug-likeness (QED) is 0.571. The van der Waals surface area contributed by atoms with Gasteiger partial charge in [0.15, 0.2) is 0 Å². The minimum Gasteiger partial charge on any atom is -1.00 e. The Morgan fingerprint density at radius 1 is 0.783 bits per heavy atom. The second-order valence-electron chi connectivity index (χ2n) is 5.89. The average molecular weight is 400 g/mol. The first kappa shape index (κ1) is 27.5. The minimum atomic E-state index is 0. The van der Waals surface area contributed by atoms with Gasteiger partial charge in [0.2, 0.25) is 0 Å². The zero-order valence-electron chi connectivity index (χ0n) is 15.1. The van der Waals surface area contributed by atoms with Gasteiger partial charge in [0, 0.05) is 0 Å². The van der Waals surface area contributed by atoms with Gasteiger partial charge < -0.3 is 9.41 Å². The summed E-state index contributed by atoms with van der Waals surface area (Å²) in [4.78, 5) is 0. The van der Waals surface area contributed by atoms with Gasteiger partial charge in [-0.15, -0.1) is 12.8 Å². The second-order valence-corrected chi connectivity index (χ2v) is 5.89. The molecule has 0 amide bonds. The van der Waals surface area contributed by atoms with Crippen LogP contribution in [0.2, 0.25) is 0 Å². The predicted molar refractivity (Wildman–Crippen MR) is 89.3 cm³/mol. The van der Waals surface area contributed by atoms with Crippen molar-refractivity contribution >= 4 is 0 Å². The third-order valence-corrected chi connectivity index (χ3v) is 3.73. The summed E-state index contributed by atoms with van der Waals surface area (Å²) in [6.45, 7) is 8.72.